The van der Waals surface area contributed by atoms with Crippen LogP contribution in [0, 0.1) is 0 Å². The maximum absolute atomic E-state index is 11.6. The zero-order valence-electron chi connectivity index (χ0n) is 11.9. The minimum atomic E-state index is -0.426. The van der Waals surface area contributed by atoms with E-state index in [4.69, 9.17) is 16.0 Å². The molecule has 1 saturated heterocycles. The predicted octanol–water partition coefficient (Wildman–Crippen LogP) is 3.87. The van der Waals surface area contributed by atoms with Crippen LogP contribution in [0.1, 0.15) is 5.76 Å². The number of fused-ring (bicyclic) bond motifs is 1. The van der Waals surface area contributed by atoms with Crippen molar-refractivity contribution in [2.75, 3.05) is 0 Å². The summed E-state index contributed by atoms with van der Waals surface area (Å²) in [4.78, 5) is 31.3. The number of carbonyl (C=O) groups excluding carboxylic acids is 2. The molecule has 118 valence electrons. The summed E-state index contributed by atoms with van der Waals surface area (Å²) in [7, 11) is 0. The molecule has 0 bridgehead atoms. The van der Waals surface area contributed by atoms with E-state index in [0.717, 1.165) is 28.3 Å². The van der Waals surface area contributed by atoms with Crippen molar-refractivity contribution in [1.29, 1.82) is 0 Å². The van der Waals surface area contributed by atoms with Gasteiger partial charge in [0.1, 0.15) is 16.5 Å². The number of pyridine rings is 2. The Bertz CT molecular complexity index is 1030. The monoisotopic (exact) mass is 357 g/mol. The largest absolute Gasteiger partial charge is 0.456 e. The fourth-order valence-corrected chi connectivity index (χ4v) is 3.22. The minimum absolute atomic E-state index is 0.292. The molecule has 24 heavy (non-hydrogen) atoms. The molecule has 0 unspecified atom stereocenters. The van der Waals surface area contributed by atoms with Gasteiger partial charge in [-0.2, -0.15) is 0 Å². The van der Waals surface area contributed by atoms with Crippen molar-refractivity contribution in [3.8, 4) is 11.1 Å². The van der Waals surface area contributed by atoms with Crippen LogP contribution in [0.2, 0.25) is 5.15 Å². The fourth-order valence-electron chi connectivity index (χ4n) is 2.38. The normalized spacial score (nSPS) is 16.1. The molecular weight excluding hydrogens is 350 g/mol. The molecule has 2 amide bonds. The van der Waals surface area contributed by atoms with Crippen LogP contribution in [0.3, 0.4) is 0 Å². The number of nitrogens with zero attached hydrogens (tertiary/aromatic N) is 2. The molecule has 3 aromatic heterocycles. The molecule has 1 aliphatic heterocycles. The van der Waals surface area contributed by atoms with Crippen LogP contribution in [0.15, 0.2) is 46.1 Å². The third-order valence-electron chi connectivity index (χ3n) is 3.39. The van der Waals surface area contributed by atoms with Gasteiger partial charge in [-0.15, -0.1) is 0 Å². The van der Waals surface area contributed by atoms with Crippen molar-refractivity contribution >= 4 is 51.6 Å². The SMILES string of the molecule is O=C1NC(=O)/C(=C\c2cc3cncc(-c4ccnc(Cl)c4)c3o2)S1. The summed E-state index contributed by atoms with van der Waals surface area (Å²) >= 11 is 6.78. The van der Waals surface area contributed by atoms with Crippen LogP contribution in [0.4, 0.5) is 4.79 Å². The summed E-state index contributed by atoms with van der Waals surface area (Å²) in [5, 5.41) is 2.96. The second kappa shape index (κ2) is 5.77. The summed E-state index contributed by atoms with van der Waals surface area (Å²) in [6.07, 6.45) is 6.48. The van der Waals surface area contributed by atoms with E-state index in [1.54, 1.807) is 30.7 Å². The maximum atomic E-state index is 11.6. The Morgan fingerprint density at radius 1 is 1.25 bits per heavy atom. The van der Waals surface area contributed by atoms with E-state index in [2.05, 4.69) is 15.3 Å². The first kappa shape index (κ1) is 14.9. The van der Waals surface area contributed by atoms with E-state index < -0.39 is 11.1 Å². The van der Waals surface area contributed by atoms with Crippen LogP contribution in [0.25, 0.3) is 28.2 Å². The van der Waals surface area contributed by atoms with E-state index in [1.807, 2.05) is 6.07 Å². The molecule has 0 aliphatic carbocycles. The van der Waals surface area contributed by atoms with Gasteiger partial charge >= 0.3 is 0 Å². The molecule has 1 aliphatic rings. The number of imide groups is 1. The van der Waals surface area contributed by atoms with Gasteiger partial charge in [0.25, 0.3) is 11.1 Å². The number of nitrogens with one attached hydrogen (secondary N) is 1. The van der Waals surface area contributed by atoms with Gasteiger partial charge in [0.2, 0.25) is 0 Å². The lowest BCUT2D eigenvalue weighted by Gasteiger charge is -2.01. The van der Waals surface area contributed by atoms with Crippen LogP contribution < -0.4 is 5.32 Å². The molecule has 0 atom stereocenters. The molecule has 4 rings (SSSR count). The highest BCUT2D eigenvalue weighted by atomic mass is 35.5. The molecule has 6 nitrogen and oxygen atoms in total. The first-order valence-corrected chi connectivity index (χ1v) is 8.04. The zero-order valence-corrected chi connectivity index (χ0v) is 13.5. The van der Waals surface area contributed by atoms with Gasteiger partial charge in [-0.1, -0.05) is 11.6 Å². The molecule has 8 heteroatoms. The van der Waals surface area contributed by atoms with Gasteiger partial charge in [-0.25, -0.2) is 4.98 Å². The maximum Gasteiger partial charge on any atom is 0.290 e. The predicted molar refractivity (Wildman–Crippen MR) is 91.4 cm³/mol. The Balaban J connectivity index is 1.82. The quantitative estimate of drug-likeness (QED) is 0.553. The zero-order chi connectivity index (χ0) is 16.7. The first-order valence-electron chi connectivity index (χ1n) is 6.84. The van der Waals surface area contributed by atoms with E-state index in [0.29, 0.717) is 21.4 Å². The van der Waals surface area contributed by atoms with Crippen molar-refractivity contribution in [2.24, 2.45) is 0 Å². The molecule has 1 N–H and O–H groups in total. The number of thioether (sulfide) groups is 1. The van der Waals surface area contributed by atoms with Crippen LogP contribution in [-0.2, 0) is 4.79 Å². The summed E-state index contributed by atoms with van der Waals surface area (Å²) in [6.45, 7) is 0. The van der Waals surface area contributed by atoms with Crippen molar-refractivity contribution in [1.82, 2.24) is 15.3 Å². The topological polar surface area (TPSA) is 85.1 Å². The van der Waals surface area contributed by atoms with Gasteiger partial charge in [-0.3, -0.25) is 19.9 Å². The highest BCUT2D eigenvalue weighted by Gasteiger charge is 2.25. The van der Waals surface area contributed by atoms with Crippen LogP contribution in [-0.4, -0.2) is 21.1 Å². The lowest BCUT2D eigenvalue weighted by molar-refractivity contribution is -0.115. The average molecular weight is 358 g/mol. The summed E-state index contributed by atoms with van der Waals surface area (Å²) in [6, 6.07) is 5.29. The van der Waals surface area contributed by atoms with Crippen LogP contribution >= 0.6 is 23.4 Å². The minimum Gasteiger partial charge on any atom is -0.456 e. The molecule has 0 saturated carbocycles. The second-order valence-corrected chi connectivity index (χ2v) is 6.38. The summed E-state index contributed by atoms with van der Waals surface area (Å²) in [5.41, 5.74) is 2.21. The third kappa shape index (κ3) is 2.68. The van der Waals surface area contributed by atoms with Crippen molar-refractivity contribution in [3.05, 3.63) is 52.6 Å². The Kier molecular flexibility index (Phi) is 3.59. The number of carbonyl (C=O) groups is 2. The lowest BCUT2D eigenvalue weighted by Crippen LogP contribution is -2.17. The number of furan rings is 1. The smallest absolute Gasteiger partial charge is 0.290 e. The highest BCUT2D eigenvalue weighted by molar-refractivity contribution is 8.18. The highest BCUT2D eigenvalue weighted by Crippen LogP contribution is 2.33. The van der Waals surface area contributed by atoms with Gasteiger partial charge < -0.3 is 4.42 Å². The molecule has 3 aromatic rings. The molecule has 4 heterocycles. The Morgan fingerprint density at radius 2 is 2.12 bits per heavy atom. The number of hydrogen-bond donors (Lipinski definition) is 1. The summed E-state index contributed by atoms with van der Waals surface area (Å²) < 4.78 is 5.85. The molecular formula is C16H8ClN3O3S. The molecule has 0 radical (unpaired) electrons. The standard InChI is InChI=1S/C16H8ClN3O3S/c17-13-4-8(1-2-19-13)11-7-18-6-9-3-10(23-14(9)11)5-12-15(21)20-16(22)24-12/h1-7H,(H,20,21,22)/b12-5+. The van der Waals surface area contributed by atoms with Crippen molar-refractivity contribution < 1.29 is 14.0 Å². The second-order valence-electron chi connectivity index (χ2n) is 4.97. The first-order chi connectivity index (χ1) is 11.6. The molecule has 0 aromatic carbocycles. The van der Waals surface area contributed by atoms with Gasteiger partial charge in [0.15, 0.2) is 0 Å². The number of amides is 2. The fraction of sp³-hybridized carbons (Fsp3) is 0. The van der Waals surface area contributed by atoms with Crippen molar-refractivity contribution in [3.63, 3.8) is 0 Å². The third-order valence-corrected chi connectivity index (χ3v) is 4.41. The number of halogens is 1. The molecule has 1 fully saturated rings. The number of aromatic nitrogens is 2. The lowest BCUT2D eigenvalue weighted by atomic mass is 10.1. The Hall–Kier alpha value is -2.64. The van der Waals surface area contributed by atoms with E-state index in [1.165, 1.54) is 6.08 Å². The molecule has 0 spiro atoms. The average Bonchev–Trinajstić information content (AvgIpc) is 3.09. The summed E-state index contributed by atoms with van der Waals surface area (Å²) in [5.74, 6) is 0.0384. The van der Waals surface area contributed by atoms with Crippen LogP contribution in [0.5, 0.6) is 0 Å². The Labute approximate surface area is 144 Å². The Morgan fingerprint density at radius 3 is 2.88 bits per heavy atom. The number of hydrogen-bond acceptors (Lipinski definition) is 6. The van der Waals surface area contributed by atoms with Gasteiger partial charge in [0, 0.05) is 35.6 Å². The van der Waals surface area contributed by atoms with E-state index in [-0.39, 0.29) is 0 Å². The van der Waals surface area contributed by atoms with E-state index >= 15 is 0 Å². The number of rotatable bonds is 2. The van der Waals surface area contributed by atoms with Gasteiger partial charge in [-0.05, 0) is 35.5 Å². The van der Waals surface area contributed by atoms with Gasteiger partial charge in [0.05, 0.1) is 4.91 Å². The van der Waals surface area contributed by atoms with E-state index in [9.17, 15) is 9.59 Å². The van der Waals surface area contributed by atoms with Crippen molar-refractivity contribution in [2.45, 2.75) is 0 Å².